The van der Waals surface area contributed by atoms with Gasteiger partial charge in [-0.2, -0.15) is 0 Å². The summed E-state index contributed by atoms with van der Waals surface area (Å²) < 4.78 is 50.3. The van der Waals surface area contributed by atoms with E-state index in [0.717, 1.165) is 17.4 Å². The maximum atomic E-state index is 15.9. The van der Waals surface area contributed by atoms with Crippen LogP contribution in [0, 0.1) is 11.6 Å². The minimum Gasteiger partial charge on any atom is -0.490 e. The molecule has 1 unspecified atom stereocenters. The van der Waals surface area contributed by atoms with Crippen molar-refractivity contribution in [2.75, 3.05) is 18.9 Å². The largest absolute Gasteiger partial charge is 0.490 e. The lowest BCUT2D eigenvalue weighted by molar-refractivity contribution is -0.112. The average Bonchev–Trinajstić information content (AvgIpc) is 3.44. The van der Waals surface area contributed by atoms with Crippen molar-refractivity contribution in [2.24, 2.45) is 0 Å². The average molecular weight is 569 g/mol. The van der Waals surface area contributed by atoms with Gasteiger partial charge in [-0.3, -0.25) is 4.79 Å². The van der Waals surface area contributed by atoms with E-state index < -0.39 is 40.8 Å². The van der Waals surface area contributed by atoms with Crippen molar-refractivity contribution in [3.05, 3.63) is 70.9 Å². The SMILES string of the molecule is C[C@]1(C=O)COc2c1cc(C(O)(CNC(=O)c1cc(F)c3nc(N)sc3c1)C1(F)CC1)nc2-c1ccc(F)cc1. The summed E-state index contributed by atoms with van der Waals surface area (Å²) in [6.07, 6.45) is 0.718. The number of aliphatic hydroxyl groups is 1. The van der Waals surface area contributed by atoms with E-state index in [9.17, 15) is 23.5 Å². The van der Waals surface area contributed by atoms with Gasteiger partial charge < -0.3 is 25.7 Å². The number of rotatable bonds is 7. The summed E-state index contributed by atoms with van der Waals surface area (Å²) in [6, 6.07) is 9.19. The number of carbonyl (C=O) groups excluding carboxylic acids is 2. The normalized spacial score (nSPS) is 20.4. The number of aromatic nitrogens is 2. The van der Waals surface area contributed by atoms with Gasteiger partial charge in [-0.05, 0) is 62.2 Å². The van der Waals surface area contributed by atoms with Gasteiger partial charge in [-0.1, -0.05) is 11.3 Å². The second kappa shape index (κ2) is 9.00. The van der Waals surface area contributed by atoms with E-state index >= 15 is 4.39 Å². The number of ether oxygens (including phenoxy) is 1. The Labute approximate surface area is 230 Å². The van der Waals surface area contributed by atoms with E-state index in [-0.39, 0.29) is 52.8 Å². The summed E-state index contributed by atoms with van der Waals surface area (Å²) in [6.45, 7) is 1.04. The van der Waals surface area contributed by atoms with Gasteiger partial charge in [0.1, 0.15) is 41.3 Å². The molecule has 1 amide bonds. The first kappa shape index (κ1) is 26.2. The highest BCUT2D eigenvalue weighted by Crippen LogP contribution is 2.54. The molecule has 1 aliphatic heterocycles. The van der Waals surface area contributed by atoms with E-state index in [1.165, 1.54) is 36.4 Å². The third-order valence-corrected chi connectivity index (χ3v) is 8.40. The molecule has 12 heteroatoms. The number of alkyl halides is 1. The van der Waals surface area contributed by atoms with E-state index in [1.54, 1.807) is 6.92 Å². The molecule has 3 heterocycles. The Morgan fingerprint density at radius 1 is 1.23 bits per heavy atom. The van der Waals surface area contributed by atoms with Gasteiger partial charge in [0, 0.05) is 16.7 Å². The van der Waals surface area contributed by atoms with Crippen molar-refractivity contribution < 1.29 is 32.6 Å². The highest BCUT2D eigenvalue weighted by atomic mass is 32.1. The second-order valence-electron chi connectivity index (χ2n) is 10.4. The molecule has 2 aromatic heterocycles. The quantitative estimate of drug-likeness (QED) is 0.285. The van der Waals surface area contributed by atoms with Crippen molar-refractivity contribution in [1.29, 1.82) is 0 Å². The zero-order valence-electron chi connectivity index (χ0n) is 21.1. The van der Waals surface area contributed by atoms with Crippen molar-refractivity contribution >= 4 is 38.9 Å². The molecule has 1 fully saturated rings. The van der Waals surface area contributed by atoms with Gasteiger partial charge in [-0.15, -0.1) is 0 Å². The Balaban J connectivity index is 1.41. The molecular weight excluding hydrogens is 545 g/mol. The number of hydrogen-bond donors (Lipinski definition) is 3. The summed E-state index contributed by atoms with van der Waals surface area (Å²) in [5.74, 6) is -1.71. The lowest BCUT2D eigenvalue weighted by Gasteiger charge is -2.32. The van der Waals surface area contributed by atoms with Crippen LogP contribution in [0.2, 0.25) is 0 Å². The second-order valence-corrected chi connectivity index (χ2v) is 11.5. The molecule has 6 rings (SSSR count). The van der Waals surface area contributed by atoms with Gasteiger partial charge in [0.05, 0.1) is 22.4 Å². The van der Waals surface area contributed by atoms with Gasteiger partial charge in [-0.25, -0.2) is 23.1 Å². The Morgan fingerprint density at radius 3 is 2.62 bits per heavy atom. The molecule has 2 aliphatic rings. The fourth-order valence-electron chi connectivity index (χ4n) is 4.97. The maximum Gasteiger partial charge on any atom is 0.251 e. The summed E-state index contributed by atoms with van der Waals surface area (Å²) >= 11 is 1.01. The Kier molecular flexibility index (Phi) is 5.89. The van der Waals surface area contributed by atoms with E-state index in [1.807, 2.05) is 0 Å². The molecule has 4 aromatic rings. The van der Waals surface area contributed by atoms with E-state index in [4.69, 9.17) is 10.5 Å². The molecule has 206 valence electrons. The third kappa shape index (κ3) is 4.09. The standard InChI is InChI=1S/C28H23F3N4O4S/c1-26(12-36)13-39-23-17(26)10-20(34-21(23)14-2-4-16(29)5-3-14)28(38,27(31)6-7-27)11-33-24(37)15-8-18(30)22-19(9-15)40-25(32)35-22/h2-5,8-10,12,38H,6-7,11,13H2,1H3,(H2,32,35)(H,33,37)/t26-,28?/m0/s1. The molecule has 0 spiro atoms. The molecule has 4 N–H and O–H groups in total. The Morgan fingerprint density at radius 2 is 1.95 bits per heavy atom. The van der Waals surface area contributed by atoms with Crippen molar-refractivity contribution in [1.82, 2.24) is 15.3 Å². The summed E-state index contributed by atoms with van der Waals surface area (Å²) in [5.41, 5.74) is 0.978. The minimum atomic E-state index is -2.31. The van der Waals surface area contributed by atoms with Crippen molar-refractivity contribution in [3.8, 4) is 17.0 Å². The number of halogens is 3. The zero-order chi connectivity index (χ0) is 28.4. The number of nitrogen functional groups attached to an aromatic ring is 1. The van der Waals surface area contributed by atoms with Crippen LogP contribution in [0.15, 0.2) is 42.5 Å². The Hall–Kier alpha value is -4.03. The number of nitrogens with one attached hydrogen (secondary N) is 1. The summed E-state index contributed by atoms with van der Waals surface area (Å²) in [7, 11) is 0. The van der Waals surface area contributed by atoms with Crippen LogP contribution in [-0.4, -0.2) is 46.1 Å². The molecular formula is C28H23F3N4O4S. The Bertz CT molecular complexity index is 1690. The highest BCUT2D eigenvalue weighted by molar-refractivity contribution is 7.22. The van der Waals surface area contributed by atoms with Crippen LogP contribution in [0.4, 0.5) is 18.3 Å². The first-order chi connectivity index (χ1) is 19.0. The van der Waals surface area contributed by atoms with Gasteiger partial charge >= 0.3 is 0 Å². The van der Waals surface area contributed by atoms with Crippen LogP contribution in [0.3, 0.4) is 0 Å². The van der Waals surface area contributed by atoms with Crippen molar-refractivity contribution in [2.45, 2.75) is 36.5 Å². The maximum absolute atomic E-state index is 15.9. The summed E-state index contributed by atoms with van der Waals surface area (Å²) in [4.78, 5) is 33.6. The van der Waals surface area contributed by atoms with Crippen LogP contribution in [0.1, 0.15) is 41.4 Å². The highest BCUT2D eigenvalue weighted by Gasteiger charge is 2.62. The lowest BCUT2D eigenvalue weighted by atomic mass is 9.82. The van der Waals surface area contributed by atoms with Gasteiger partial charge in [0.2, 0.25) is 0 Å². The zero-order valence-corrected chi connectivity index (χ0v) is 21.9. The van der Waals surface area contributed by atoms with E-state index in [0.29, 0.717) is 22.1 Å². The third-order valence-electron chi connectivity index (χ3n) is 7.57. The number of nitrogens with two attached hydrogens (primary N) is 1. The first-order valence-electron chi connectivity index (χ1n) is 12.4. The predicted molar refractivity (Wildman–Crippen MR) is 142 cm³/mol. The number of benzene rings is 2. The molecule has 0 bridgehead atoms. The van der Waals surface area contributed by atoms with Crippen LogP contribution in [-0.2, 0) is 15.8 Å². The topological polar surface area (TPSA) is 127 Å². The number of aldehydes is 1. The number of hydrogen-bond acceptors (Lipinski definition) is 8. The lowest BCUT2D eigenvalue weighted by Crippen LogP contribution is -2.49. The van der Waals surface area contributed by atoms with Crippen LogP contribution in [0.25, 0.3) is 21.5 Å². The number of pyridine rings is 1. The molecule has 1 saturated carbocycles. The fraction of sp³-hybridized carbons (Fsp3) is 0.286. The molecule has 0 radical (unpaired) electrons. The number of thiazole rings is 1. The monoisotopic (exact) mass is 568 g/mol. The van der Waals surface area contributed by atoms with Gasteiger partial charge in [0.25, 0.3) is 5.91 Å². The first-order valence-corrected chi connectivity index (χ1v) is 13.2. The molecule has 40 heavy (non-hydrogen) atoms. The molecule has 2 aromatic carbocycles. The van der Waals surface area contributed by atoms with Crippen molar-refractivity contribution in [3.63, 3.8) is 0 Å². The molecule has 1 aliphatic carbocycles. The van der Waals surface area contributed by atoms with Gasteiger partial charge in [0.15, 0.2) is 16.5 Å². The number of carbonyl (C=O) groups is 2. The summed E-state index contributed by atoms with van der Waals surface area (Å²) in [5, 5.41) is 14.5. The number of amides is 1. The van der Waals surface area contributed by atoms with Crippen LogP contribution < -0.4 is 15.8 Å². The fourth-order valence-corrected chi connectivity index (χ4v) is 5.75. The smallest absolute Gasteiger partial charge is 0.251 e. The molecule has 8 nitrogen and oxygen atoms in total. The predicted octanol–water partition coefficient (Wildman–Crippen LogP) is 4.19. The number of anilines is 1. The van der Waals surface area contributed by atoms with Crippen LogP contribution in [0.5, 0.6) is 5.75 Å². The minimum absolute atomic E-state index is 0.00275. The molecule has 2 atom stereocenters. The number of nitrogens with zero attached hydrogens (tertiary/aromatic N) is 2. The molecule has 0 saturated heterocycles. The van der Waals surface area contributed by atoms with Crippen LogP contribution >= 0.6 is 11.3 Å². The van der Waals surface area contributed by atoms with E-state index in [2.05, 4.69) is 15.3 Å². The number of fused-ring (bicyclic) bond motifs is 2.